The van der Waals surface area contributed by atoms with E-state index in [1.165, 1.54) is 12.8 Å². The third-order valence-corrected chi connectivity index (χ3v) is 3.37. The number of alkyl halides is 2. The monoisotopic (exact) mass is 205 g/mol. The van der Waals surface area contributed by atoms with Crippen LogP contribution < -0.4 is 5.73 Å². The van der Waals surface area contributed by atoms with Crippen molar-refractivity contribution >= 4 is 0 Å². The van der Waals surface area contributed by atoms with Crippen LogP contribution in [0, 0.1) is 11.8 Å². The fourth-order valence-corrected chi connectivity index (χ4v) is 2.53. The molecule has 1 aliphatic carbocycles. The van der Waals surface area contributed by atoms with Gasteiger partial charge in [0.2, 0.25) is 5.92 Å². The molecule has 0 saturated heterocycles. The molecule has 1 aliphatic rings. The smallest absolute Gasteiger partial charge is 0.249 e. The van der Waals surface area contributed by atoms with Gasteiger partial charge in [0, 0.05) is 12.5 Å². The van der Waals surface area contributed by atoms with Crippen molar-refractivity contribution in [1.29, 1.82) is 0 Å². The number of halogens is 2. The molecule has 0 aromatic rings. The SMILES string of the molecule is CC(F)(F)C(CN)C1CCCCCC1. The molecule has 3 heteroatoms. The van der Waals surface area contributed by atoms with Crippen molar-refractivity contribution in [2.24, 2.45) is 17.6 Å². The van der Waals surface area contributed by atoms with E-state index in [0.717, 1.165) is 32.6 Å². The molecule has 84 valence electrons. The van der Waals surface area contributed by atoms with Crippen LogP contribution >= 0.6 is 0 Å². The van der Waals surface area contributed by atoms with Crippen molar-refractivity contribution in [3.05, 3.63) is 0 Å². The van der Waals surface area contributed by atoms with Crippen molar-refractivity contribution < 1.29 is 8.78 Å². The van der Waals surface area contributed by atoms with Gasteiger partial charge >= 0.3 is 0 Å². The fourth-order valence-electron chi connectivity index (χ4n) is 2.53. The van der Waals surface area contributed by atoms with Crippen molar-refractivity contribution in [2.75, 3.05) is 6.54 Å². The Kier molecular flexibility index (Phi) is 4.30. The van der Waals surface area contributed by atoms with E-state index in [2.05, 4.69) is 0 Å². The largest absolute Gasteiger partial charge is 0.330 e. The second-order valence-electron chi connectivity index (χ2n) is 4.55. The topological polar surface area (TPSA) is 26.0 Å². The van der Waals surface area contributed by atoms with Gasteiger partial charge in [-0.1, -0.05) is 25.7 Å². The first kappa shape index (κ1) is 11.9. The average Bonchev–Trinajstić information content (AvgIpc) is 2.31. The molecule has 1 atom stereocenters. The lowest BCUT2D eigenvalue weighted by molar-refractivity contribution is -0.0616. The molecular formula is C11H21F2N. The summed E-state index contributed by atoms with van der Waals surface area (Å²) < 4.78 is 26.4. The van der Waals surface area contributed by atoms with Gasteiger partial charge in [-0.25, -0.2) is 8.78 Å². The minimum atomic E-state index is -2.61. The zero-order valence-corrected chi connectivity index (χ0v) is 8.94. The maximum atomic E-state index is 13.2. The van der Waals surface area contributed by atoms with E-state index in [-0.39, 0.29) is 12.5 Å². The Labute approximate surface area is 85.1 Å². The Bertz CT molecular complexity index is 157. The van der Waals surface area contributed by atoms with E-state index in [1.54, 1.807) is 0 Å². The Balaban J connectivity index is 2.58. The molecule has 1 nitrogen and oxygen atoms in total. The summed E-state index contributed by atoms with van der Waals surface area (Å²) in [5, 5.41) is 0. The molecule has 14 heavy (non-hydrogen) atoms. The lowest BCUT2D eigenvalue weighted by atomic mass is 9.82. The fraction of sp³-hybridized carbons (Fsp3) is 1.00. The molecule has 0 amide bonds. The summed E-state index contributed by atoms with van der Waals surface area (Å²) in [4.78, 5) is 0. The Hall–Kier alpha value is -0.180. The van der Waals surface area contributed by atoms with Gasteiger partial charge in [-0.05, 0) is 25.7 Å². The molecule has 1 unspecified atom stereocenters. The summed E-state index contributed by atoms with van der Waals surface area (Å²) in [6.45, 7) is 1.13. The van der Waals surface area contributed by atoms with Gasteiger partial charge < -0.3 is 5.73 Å². The van der Waals surface area contributed by atoms with Gasteiger partial charge in [0.15, 0.2) is 0 Å². The van der Waals surface area contributed by atoms with Gasteiger partial charge in [0.1, 0.15) is 0 Å². The highest BCUT2D eigenvalue weighted by Crippen LogP contribution is 2.36. The number of rotatable bonds is 3. The van der Waals surface area contributed by atoms with E-state index in [1.807, 2.05) is 0 Å². The van der Waals surface area contributed by atoms with Gasteiger partial charge in [0.05, 0.1) is 0 Å². The van der Waals surface area contributed by atoms with E-state index in [9.17, 15) is 8.78 Å². The lowest BCUT2D eigenvalue weighted by Crippen LogP contribution is -2.37. The molecule has 2 N–H and O–H groups in total. The lowest BCUT2D eigenvalue weighted by Gasteiger charge is -2.29. The highest BCUT2D eigenvalue weighted by atomic mass is 19.3. The molecule has 0 aromatic heterocycles. The van der Waals surface area contributed by atoms with E-state index >= 15 is 0 Å². The summed E-state index contributed by atoms with van der Waals surface area (Å²) >= 11 is 0. The second-order valence-corrected chi connectivity index (χ2v) is 4.55. The summed E-state index contributed by atoms with van der Waals surface area (Å²) in [6.07, 6.45) is 6.46. The zero-order chi connectivity index (χ0) is 10.6. The van der Waals surface area contributed by atoms with Crippen LogP contribution in [-0.4, -0.2) is 12.5 Å². The van der Waals surface area contributed by atoms with Crippen LogP contribution in [0.15, 0.2) is 0 Å². The molecule has 1 saturated carbocycles. The van der Waals surface area contributed by atoms with Gasteiger partial charge in [0.25, 0.3) is 0 Å². The summed E-state index contributed by atoms with van der Waals surface area (Å²) in [7, 11) is 0. The van der Waals surface area contributed by atoms with Crippen molar-refractivity contribution in [3.8, 4) is 0 Å². The van der Waals surface area contributed by atoms with Crippen LogP contribution in [0.25, 0.3) is 0 Å². The van der Waals surface area contributed by atoms with E-state index < -0.39 is 11.8 Å². The van der Waals surface area contributed by atoms with Crippen molar-refractivity contribution in [2.45, 2.75) is 51.4 Å². The first-order valence-corrected chi connectivity index (χ1v) is 5.63. The second kappa shape index (κ2) is 5.06. The van der Waals surface area contributed by atoms with E-state index in [0.29, 0.717) is 0 Å². The summed E-state index contributed by atoms with van der Waals surface area (Å²) in [5.41, 5.74) is 5.46. The maximum Gasteiger partial charge on any atom is 0.249 e. The summed E-state index contributed by atoms with van der Waals surface area (Å²) in [5.74, 6) is -3.08. The predicted molar refractivity (Wildman–Crippen MR) is 54.4 cm³/mol. The minimum absolute atomic E-state index is 0.119. The molecular weight excluding hydrogens is 184 g/mol. The number of hydrogen-bond donors (Lipinski definition) is 1. The van der Waals surface area contributed by atoms with Gasteiger partial charge in [-0.2, -0.15) is 0 Å². The molecule has 0 aromatic carbocycles. The van der Waals surface area contributed by atoms with Crippen LogP contribution in [0.4, 0.5) is 8.78 Å². The molecule has 1 fully saturated rings. The molecule has 0 aliphatic heterocycles. The van der Waals surface area contributed by atoms with Crippen LogP contribution in [0.5, 0.6) is 0 Å². The van der Waals surface area contributed by atoms with Gasteiger partial charge in [-0.3, -0.25) is 0 Å². The van der Waals surface area contributed by atoms with Crippen LogP contribution in [0.1, 0.15) is 45.4 Å². The third-order valence-electron chi connectivity index (χ3n) is 3.37. The number of hydrogen-bond acceptors (Lipinski definition) is 1. The standard InChI is InChI=1S/C11H21F2N/c1-11(12,13)10(8-14)9-6-4-2-3-5-7-9/h9-10H,2-8,14H2,1H3. The predicted octanol–water partition coefficient (Wildman–Crippen LogP) is 3.19. The Morgan fingerprint density at radius 1 is 1.21 bits per heavy atom. The summed E-state index contributed by atoms with van der Waals surface area (Å²) in [6, 6.07) is 0. The molecule has 0 bridgehead atoms. The normalized spacial score (nSPS) is 23.1. The van der Waals surface area contributed by atoms with E-state index in [4.69, 9.17) is 5.73 Å². The minimum Gasteiger partial charge on any atom is -0.330 e. The first-order chi connectivity index (χ1) is 6.55. The van der Waals surface area contributed by atoms with Crippen molar-refractivity contribution in [1.82, 2.24) is 0 Å². The van der Waals surface area contributed by atoms with Crippen LogP contribution in [0.2, 0.25) is 0 Å². The first-order valence-electron chi connectivity index (χ1n) is 5.63. The molecule has 0 heterocycles. The van der Waals surface area contributed by atoms with Crippen molar-refractivity contribution in [3.63, 3.8) is 0 Å². The van der Waals surface area contributed by atoms with Crippen LogP contribution in [0.3, 0.4) is 0 Å². The van der Waals surface area contributed by atoms with Gasteiger partial charge in [-0.15, -0.1) is 0 Å². The Morgan fingerprint density at radius 2 is 1.71 bits per heavy atom. The molecule has 0 spiro atoms. The highest BCUT2D eigenvalue weighted by molar-refractivity contribution is 4.81. The zero-order valence-electron chi connectivity index (χ0n) is 8.94. The Morgan fingerprint density at radius 3 is 2.07 bits per heavy atom. The van der Waals surface area contributed by atoms with Crippen LogP contribution in [-0.2, 0) is 0 Å². The maximum absolute atomic E-state index is 13.2. The average molecular weight is 205 g/mol. The molecule has 1 rings (SSSR count). The quantitative estimate of drug-likeness (QED) is 0.703. The number of nitrogens with two attached hydrogens (primary N) is 1. The third kappa shape index (κ3) is 3.19. The highest BCUT2D eigenvalue weighted by Gasteiger charge is 2.38. The molecule has 0 radical (unpaired) electrons.